The molecule has 1 fully saturated rings. The monoisotopic (exact) mass is 557 g/mol. The van der Waals surface area contributed by atoms with E-state index >= 15 is 0 Å². The topological polar surface area (TPSA) is 121 Å². The number of hydrogen-bond donors (Lipinski definition) is 3. The van der Waals surface area contributed by atoms with Crippen LogP contribution >= 0.6 is 11.6 Å². The second kappa shape index (κ2) is 12.6. The van der Waals surface area contributed by atoms with E-state index in [1.807, 2.05) is 43.3 Å². The molecule has 4 rings (SSSR count). The van der Waals surface area contributed by atoms with Crippen molar-refractivity contribution in [3.05, 3.63) is 111 Å². The van der Waals surface area contributed by atoms with Crippen LogP contribution in [0.1, 0.15) is 56.2 Å². The van der Waals surface area contributed by atoms with Crippen molar-refractivity contribution >= 4 is 47.0 Å². The van der Waals surface area contributed by atoms with Gasteiger partial charge in [-0.3, -0.25) is 9.59 Å². The predicted octanol–water partition coefficient (Wildman–Crippen LogP) is 5.58. The van der Waals surface area contributed by atoms with E-state index in [2.05, 4.69) is 10.6 Å². The van der Waals surface area contributed by atoms with Crippen molar-refractivity contribution in [1.82, 2.24) is 10.2 Å². The average molecular weight is 558 g/mol. The van der Waals surface area contributed by atoms with E-state index in [0.717, 1.165) is 35.7 Å². The van der Waals surface area contributed by atoms with Gasteiger partial charge in [0.1, 0.15) is 0 Å². The summed E-state index contributed by atoms with van der Waals surface area (Å²) in [5.41, 5.74) is 4.14. The first-order valence-corrected chi connectivity index (χ1v) is 13.3. The number of likely N-dealkylation sites (tertiary alicyclic amines) is 1. The Bertz CT molecular complexity index is 1470. The third-order valence-electron chi connectivity index (χ3n) is 7.17. The zero-order valence-corrected chi connectivity index (χ0v) is 23.0. The molecule has 3 N–H and O–H groups in total. The van der Waals surface area contributed by atoms with E-state index in [0.29, 0.717) is 24.5 Å². The SMILES string of the molecule is CN/C(=C(\C=[N-])C(=O)Nc1ccc(Cl)c(C(=O)N2CCC(c3ccc(C(=O)O)cc3)CC2)c1)c1ccccc1C. The number of aromatic carboxylic acids is 1. The van der Waals surface area contributed by atoms with Gasteiger partial charge in [0.05, 0.1) is 21.8 Å². The molecule has 1 aliphatic heterocycles. The highest BCUT2D eigenvalue weighted by molar-refractivity contribution is 6.34. The van der Waals surface area contributed by atoms with Crippen LogP contribution in [-0.2, 0) is 4.79 Å². The number of halogens is 1. The largest absolute Gasteiger partial charge is 0.810 e. The molecule has 0 aromatic heterocycles. The van der Waals surface area contributed by atoms with Gasteiger partial charge in [0.25, 0.3) is 11.8 Å². The maximum absolute atomic E-state index is 13.4. The molecular weight excluding hydrogens is 528 g/mol. The molecule has 40 heavy (non-hydrogen) atoms. The zero-order valence-electron chi connectivity index (χ0n) is 22.3. The fraction of sp³-hybridized carbons (Fsp3) is 0.226. The Morgan fingerprint density at radius 1 is 1.00 bits per heavy atom. The van der Waals surface area contributed by atoms with E-state index in [4.69, 9.17) is 16.7 Å². The number of anilines is 1. The Hall–Kier alpha value is -4.43. The molecule has 3 aromatic carbocycles. The number of carbonyl (C=O) groups is 3. The first-order valence-electron chi connectivity index (χ1n) is 12.9. The summed E-state index contributed by atoms with van der Waals surface area (Å²) < 4.78 is 0. The average Bonchev–Trinajstić information content (AvgIpc) is 2.97. The molecule has 206 valence electrons. The van der Waals surface area contributed by atoms with Crippen LogP contribution in [0.25, 0.3) is 11.1 Å². The van der Waals surface area contributed by atoms with Gasteiger partial charge in [-0.25, -0.2) is 4.79 Å². The molecule has 8 nitrogen and oxygen atoms in total. The third-order valence-corrected chi connectivity index (χ3v) is 7.50. The first kappa shape index (κ1) is 28.6. The number of rotatable bonds is 8. The van der Waals surface area contributed by atoms with Crippen LogP contribution in [0.2, 0.25) is 5.02 Å². The summed E-state index contributed by atoms with van der Waals surface area (Å²) in [7, 11) is 1.67. The van der Waals surface area contributed by atoms with Gasteiger partial charge >= 0.3 is 5.97 Å². The smallest absolute Gasteiger partial charge is 0.335 e. The van der Waals surface area contributed by atoms with Crippen molar-refractivity contribution < 1.29 is 19.5 Å². The lowest BCUT2D eigenvalue weighted by atomic mass is 9.89. The zero-order chi connectivity index (χ0) is 28.8. The first-order chi connectivity index (χ1) is 19.2. The summed E-state index contributed by atoms with van der Waals surface area (Å²) in [6, 6.07) is 19.1. The quantitative estimate of drug-likeness (QED) is 0.247. The van der Waals surface area contributed by atoms with Gasteiger partial charge in [0.2, 0.25) is 0 Å². The molecule has 0 radical (unpaired) electrons. The molecule has 2 amide bonds. The molecule has 0 bridgehead atoms. The number of benzene rings is 3. The van der Waals surface area contributed by atoms with Crippen molar-refractivity contribution in [2.45, 2.75) is 25.7 Å². The Balaban J connectivity index is 1.48. The number of piperidine rings is 1. The number of carboxylic acids is 1. The number of nitrogens with zero attached hydrogens (tertiary/aromatic N) is 2. The van der Waals surface area contributed by atoms with Crippen molar-refractivity contribution in [3.8, 4) is 0 Å². The number of aryl methyl sites for hydroxylation is 1. The Kier molecular flexibility index (Phi) is 9.01. The minimum absolute atomic E-state index is 0.0399. The van der Waals surface area contributed by atoms with Crippen LogP contribution in [0.4, 0.5) is 5.69 Å². The Labute approximate surface area is 238 Å². The van der Waals surface area contributed by atoms with E-state index < -0.39 is 11.9 Å². The lowest BCUT2D eigenvalue weighted by molar-refractivity contribution is -0.112. The summed E-state index contributed by atoms with van der Waals surface area (Å²) in [6.45, 7) is 2.95. The maximum Gasteiger partial charge on any atom is 0.335 e. The van der Waals surface area contributed by atoms with Gasteiger partial charge in [-0.05, 0) is 67.1 Å². The van der Waals surface area contributed by atoms with Crippen LogP contribution in [0.5, 0.6) is 0 Å². The van der Waals surface area contributed by atoms with Crippen LogP contribution in [0, 0.1) is 6.92 Å². The second-order valence-corrected chi connectivity index (χ2v) is 10.0. The molecule has 1 saturated heterocycles. The third kappa shape index (κ3) is 6.24. The minimum Gasteiger partial charge on any atom is -0.810 e. The summed E-state index contributed by atoms with van der Waals surface area (Å²) in [5.74, 6) is -1.52. The van der Waals surface area contributed by atoms with Crippen LogP contribution in [0.15, 0.2) is 72.3 Å². The number of carboxylic acid groups (broad SMARTS) is 1. The summed E-state index contributed by atoms with van der Waals surface area (Å²) in [6.07, 6.45) is 2.23. The highest BCUT2D eigenvalue weighted by atomic mass is 35.5. The molecular formula is C31H30ClN4O4-. The summed E-state index contributed by atoms with van der Waals surface area (Å²) in [5, 5.41) is 25.1. The molecule has 0 spiro atoms. The van der Waals surface area contributed by atoms with Gasteiger partial charge in [0.15, 0.2) is 0 Å². The van der Waals surface area contributed by atoms with Gasteiger partial charge < -0.3 is 26.0 Å². The summed E-state index contributed by atoms with van der Waals surface area (Å²) in [4.78, 5) is 39.4. The van der Waals surface area contributed by atoms with Crippen molar-refractivity contribution in [2.75, 3.05) is 25.5 Å². The number of nitrogens with one attached hydrogen (secondary N) is 2. The number of hydrogen-bond acceptors (Lipinski definition) is 4. The second-order valence-electron chi connectivity index (χ2n) is 9.63. The molecule has 0 unspecified atom stereocenters. The fourth-order valence-electron chi connectivity index (χ4n) is 4.95. The molecule has 3 aromatic rings. The highest BCUT2D eigenvalue weighted by Crippen LogP contribution is 2.30. The molecule has 0 aliphatic carbocycles. The van der Waals surface area contributed by atoms with Crippen molar-refractivity contribution in [1.29, 1.82) is 0 Å². The summed E-state index contributed by atoms with van der Waals surface area (Å²) >= 11 is 6.40. The molecule has 0 saturated carbocycles. The van der Waals surface area contributed by atoms with Crippen LogP contribution < -0.4 is 10.6 Å². The lowest BCUT2D eigenvalue weighted by Crippen LogP contribution is -2.38. The van der Waals surface area contributed by atoms with Crippen molar-refractivity contribution in [2.24, 2.45) is 0 Å². The van der Waals surface area contributed by atoms with E-state index in [1.165, 1.54) is 0 Å². The molecule has 9 heteroatoms. The van der Waals surface area contributed by atoms with Gasteiger partial charge in [-0.2, -0.15) is 6.21 Å². The van der Waals surface area contributed by atoms with Gasteiger partial charge in [-0.15, -0.1) is 0 Å². The van der Waals surface area contributed by atoms with Gasteiger partial charge in [-0.1, -0.05) is 48.0 Å². The molecule has 0 atom stereocenters. The predicted molar refractivity (Wildman–Crippen MR) is 158 cm³/mol. The van der Waals surface area contributed by atoms with E-state index in [9.17, 15) is 19.8 Å². The normalized spacial score (nSPS) is 14.2. The van der Waals surface area contributed by atoms with Crippen molar-refractivity contribution in [3.63, 3.8) is 0 Å². The fourth-order valence-corrected chi connectivity index (χ4v) is 5.15. The van der Waals surface area contributed by atoms with E-state index in [1.54, 1.807) is 42.3 Å². The lowest BCUT2D eigenvalue weighted by Gasteiger charge is -2.32. The standard InChI is InChI=1S/C31H30ClN4O4/c1-19-5-3-4-6-24(19)28(34-2)26(18-33)29(37)35-23-11-12-27(32)25(17-23)30(38)36-15-13-21(14-16-36)20-7-9-22(10-8-20)31(39)40/h3-12,17-18,21,34H,13-16H2,1-2H3,(H,35,37)(H,39,40)/q-1/b28-26+. The maximum atomic E-state index is 13.4. The Morgan fingerprint density at radius 2 is 1.68 bits per heavy atom. The number of amides is 2. The minimum atomic E-state index is -0.960. The molecule has 1 heterocycles. The van der Waals surface area contributed by atoms with Crippen LogP contribution in [-0.4, -0.2) is 54.1 Å². The van der Waals surface area contributed by atoms with E-state index in [-0.39, 0.29) is 33.5 Å². The highest BCUT2D eigenvalue weighted by Gasteiger charge is 2.26. The Morgan fingerprint density at radius 3 is 2.27 bits per heavy atom. The van der Waals surface area contributed by atoms with Crippen LogP contribution in [0.3, 0.4) is 0 Å². The molecule has 1 aliphatic rings. The number of carbonyl (C=O) groups excluding carboxylic acids is 2. The van der Waals surface area contributed by atoms with Gasteiger partial charge in [0, 0.05) is 37.0 Å².